The van der Waals surface area contributed by atoms with Crippen molar-refractivity contribution in [2.75, 3.05) is 6.61 Å². The first-order valence-electron chi connectivity index (χ1n) is 8.92. The van der Waals surface area contributed by atoms with Crippen molar-refractivity contribution < 1.29 is 19.4 Å². The molecule has 2 aromatic carbocycles. The Morgan fingerprint density at radius 2 is 1.70 bits per heavy atom. The summed E-state index contributed by atoms with van der Waals surface area (Å²) in [5, 5.41) is 12.7. The van der Waals surface area contributed by atoms with Crippen LogP contribution in [-0.2, 0) is 9.53 Å². The van der Waals surface area contributed by atoms with Crippen LogP contribution in [0.4, 0.5) is 4.79 Å². The molecule has 2 N–H and O–H groups in total. The molecule has 27 heavy (non-hydrogen) atoms. The second-order valence-corrected chi connectivity index (χ2v) is 8.61. The zero-order valence-corrected chi connectivity index (χ0v) is 16.9. The quantitative estimate of drug-likeness (QED) is 0.620. The monoisotopic (exact) mass is 433 g/mol. The van der Waals surface area contributed by atoms with Crippen LogP contribution in [0.1, 0.15) is 29.9 Å². The molecule has 1 atom stereocenters. The summed E-state index contributed by atoms with van der Waals surface area (Å²) in [5.41, 5.74) is 4.66. The maximum absolute atomic E-state index is 12.3. The molecule has 0 unspecified atom stereocenters. The van der Waals surface area contributed by atoms with E-state index in [1.807, 2.05) is 24.3 Å². The standard InChI is InChI=1S/C21H23NO4Se/c1-27-11-10-14(12-20(23)24)22-21(25)26-13-19-17-8-4-2-6-15(17)16-7-3-5-9-18(16)19/h2-9,14,19H,10-13H2,1H3,(H,22,25)(H,23,24)/t14-/m0/s1. The summed E-state index contributed by atoms with van der Waals surface area (Å²) in [7, 11) is 0. The number of fused-ring (bicyclic) bond motifs is 3. The summed E-state index contributed by atoms with van der Waals surface area (Å²) >= 11 is 0.444. The van der Waals surface area contributed by atoms with Crippen LogP contribution in [0.15, 0.2) is 48.5 Å². The fourth-order valence-electron chi connectivity index (χ4n) is 3.50. The van der Waals surface area contributed by atoms with Gasteiger partial charge in [0.05, 0.1) is 0 Å². The molecule has 3 rings (SSSR count). The van der Waals surface area contributed by atoms with E-state index in [0.717, 1.165) is 16.4 Å². The fraction of sp³-hybridized carbons (Fsp3) is 0.333. The number of nitrogens with one attached hydrogen (secondary N) is 1. The van der Waals surface area contributed by atoms with Gasteiger partial charge in [-0.25, -0.2) is 0 Å². The van der Waals surface area contributed by atoms with E-state index in [4.69, 9.17) is 9.84 Å². The summed E-state index contributed by atoms with van der Waals surface area (Å²) in [6, 6.07) is 15.9. The molecule has 0 bridgehead atoms. The Hall–Kier alpha value is -2.30. The van der Waals surface area contributed by atoms with E-state index in [0.29, 0.717) is 21.4 Å². The third kappa shape index (κ3) is 4.71. The molecule has 0 fully saturated rings. The van der Waals surface area contributed by atoms with E-state index < -0.39 is 12.1 Å². The third-order valence-corrected chi connectivity index (χ3v) is 6.11. The van der Waals surface area contributed by atoms with Gasteiger partial charge in [0.15, 0.2) is 0 Å². The number of hydrogen-bond donors (Lipinski definition) is 2. The summed E-state index contributed by atoms with van der Waals surface area (Å²) in [5.74, 6) is 1.18. The van der Waals surface area contributed by atoms with E-state index in [2.05, 4.69) is 35.4 Å². The predicted octanol–water partition coefficient (Wildman–Crippen LogP) is 3.93. The molecule has 0 aromatic heterocycles. The molecular weight excluding hydrogens is 409 g/mol. The molecule has 0 aliphatic heterocycles. The average Bonchev–Trinajstić information content (AvgIpc) is 2.98. The number of alkyl carbamates (subject to hydrolysis) is 1. The number of hydrogen-bond acceptors (Lipinski definition) is 3. The van der Waals surface area contributed by atoms with Crippen molar-refractivity contribution in [2.45, 2.75) is 35.9 Å². The number of aliphatic carboxylic acids is 1. The maximum atomic E-state index is 12.3. The van der Waals surface area contributed by atoms with E-state index in [-0.39, 0.29) is 25.0 Å². The van der Waals surface area contributed by atoms with Crippen molar-refractivity contribution in [3.05, 3.63) is 59.7 Å². The molecule has 2 aromatic rings. The predicted molar refractivity (Wildman–Crippen MR) is 105 cm³/mol. The molecule has 6 heteroatoms. The van der Waals surface area contributed by atoms with Crippen LogP contribution in [-0.4, -0.2) is 44.8 Å². The Labute approximate surface area is 165 Å². The van der Waals surface area contributed by atoms with E-state index in [1.165, 1.54) is 11.1 Å². The minimum atomic E-state index is -0.914. The Morgan fingerprint density at radius 1 is 1.11 bits per heavy atom. The van der Waals surface area contributed by atoms with Gasteiger partial charge in [0.25, 0.3) is 0 Å². The van der Waals surface area contributed by atoms with Crippen molar-refractivity contribution in [3.63, 3.8) is 0 Å². The van der Waals surface area contributed by atoms with Gasteiger partial charge in [-0.15, -0.1) is 0 Å². The molecule has 1 aliphatic rings. The SMILES string of the molecule is C[Se]CC[C@@H](CC(=O)O)NC(=O)OCC1c2ccccc2-c2ccccc21. The minimum absolute atomic E-state index is 0.0000453. The van der Waals surface area contributed by atoms with Gasteiger partial charge < -0.3 is 0 Å². The summed E-state index contributed by atoms with van der Waals surface area (Å²) in [4.78, 5) is 23.3. The Kier molecular flexibility index (Phi) is 6.54. The summed E-state index contributed by atoms with van der Waals surface area (Å²) in [6.07, 6.45) is 0.0273. The van der Waals surface area contributed by atoms with Crippen molar-refractivity contribution in [2.24, 2.45) is 0 Å². The molecule has 0 radical (unpaired) electrons. The van der Waals surface area contributed by atoms with Gasteiger partial charge in [-0.05, 0) is 0 Å². The molecular formula is C21H23NO4Se. The van der Waals surface area contributed by atoms with Crippen molar-refractivity contribution in [1.29, 1.82) is 0 Å². The Morgan fingerprint density at radius 3 is 2.26 bits per heavy atom. The number of rotatable bonds is 8. The number of carboxylic acids is 1. The molecule has 142 valence electrons. The number of carbonyl (C=O) groups is 2. The van der Waals surface area contributed by atoms with Crippen LogP contribution in [0.2, 0.25) is 11.1 Å². The van der Waals surface area contributed by atoms with E-state index in [9.17, 15) is 9.59 Å². The van der Waals surface area contributed by atoms with Gasteiger partial charge in [-0.3, -0.25) is 0 Å². The first kappa shape index (κ1) is 19.5. The topological polar surface area (TPSA) is 75.6 Å². The van der Waals surface area contributed by atoms with Crippen molar-refractivity contribution >= 4 is 27.0 Å². The van der Waals surface area contributed by atoms with Crippen LogP contribution in [0, 0.1) is 0 Å². The van der Waals surface area contributed by atoms with Gasteiger partial charge in [0, 0.05) is 0 Å². The van der Waals surface area contributed by atoms with Crippen LogP contribution >= 0.6 is 0 Å². The number of carboxylic acid groups (broad SMARTS) is 1. The first-order valence-corrected chi connectivity index (χ1v) is 11.8. The molecule has 1 aliphatic carbocycles. The molecule has 0 saturated carbocycles. The second-order valence-electron chi connectivity index (χ2n) is 6.55. The van der Waals surface area contributed by atoms with Crippen molar-refractivity contribution in [1.82, 2.24) is 5.32 Å². The summed E-state index contributed by atoms with van der Waals surface area (Å²) < 4.78 is 5.49. The van der Waals surface area contributed by atoms with Gasteiger partial charge in [-0.1, -0.05) is 0 Å². The van der Waals surface area contributed by atoms with Crippen molar-refractivity contribution in [3.8, 4) is 11.1 Å². The number of amides is 1. The fourth-order valence-corrected chi connectivity index (χ4v) is 4.59. The second kappa shape index (κ2) is 9.07. The van der Waals surface area contributed by atoms with Gasteiger partial charge in [-0.2, -0.15) is 0 Å². The summed E-state index contributed by atoms with van der Waals surface area (Å²) in [6.45, 7) is 0.233. The molecule has 0 spiro atoms. The molecule has 0 heterocycles. The van der Waals surface area contributed by atoms with Gasteiger partial charge in [0.1, 0.15) is 0 Å². The van der Waals surface area contributed by atoms with E-state index in [1.54, 1.807) is 0 Å². The third-order valence-electron chi connectivity index (χ3n) is 4.76. The number of carbonyl (C=O) groups excluding carboxylic acids is 1. The van der Waals surface area contributed by atoms with Crippen LogP contribution in [0.3, 0.4) is 0 Å². The van der Waals surface area contributed by atoms with Gasteiger partial charge in [0.2, 0.25) is 0 Å². The average molecular weight is 432 g/mol. The molecule has 0 saturated heterocycles. The van der Waals surface area contributed by atoms with Gasteiger partial charge >= 0.3 is 165 Å². The van der Waals surface area contributed by atoms with Crippen LogP contribution in [0.5, 0.6) is 0 Å². The zero-order chi connectivity index (χ0) is 19.2. The number of benzene rings is 2. The Balaban J connectivity index is 1.65. The number of ether oxygens (including phenoxy) is 1. The normalized spacial score (nSPS) is 13.5. The zero-order valence-electron chi connectivity index (χ0n) is 15.2. The first-order chi connectivity index (χ1) is 13.1. The molecule has 5 nitrogen and oxygen atoms in total. The Bertz CT molecular complexity index is 778. The van der Waals surface area contributed by atoms with Crippen LogP contribution < -0.4 is 5.32 Å². The van der Waals surface area contributed by atoms with E-state index >= 15 is 0 Å². The molecule has 1 amide bonds. The van der Waals surface area contributed by atoms with Crippen LogP contribution in [0.25, 0.3) is 11.1 Å².